The number of Topliss-reactive ketones (excluding diaryl/α,β-unsaturated/α-hetero) is 1. The minimum absolute atomic E-state index is 0.0370. The number of halogens is 1. The summed E-state index contributed by atoms with van der Waals surface area (Å²) in [6.45, 7) is 0.167. The summed E-state index contributed by atoms with van der Waals surface area (Å²) >= 11 is 3.40. The molecule has 7 nitrogen and oxygen atoms in total. The Kier molecular flexibility index (Phi) is 5.07. The summed E-state index contributed by atoms with van der Waals surface area (Å²) in [7, 11) is 0. The van der Waals surface area contributed by atoms with E-state index in [1.165, 1.54) is 4.90 Å². The molecule has 1 N–H and O–H groups in total. The lowest BCUT2D eigenvalue weighted by molar-refractivity contribution is -0.130. The Balaban J connectivity index is 1.59. The van der Waals surface area contributed by atoms with Crippen LogP contribution in [-0.4, -0.2) is 31.7 Å². The predicted octanol–water partition coefficient (Wildman–Crippen LogP) is 4.76. The molecular weight excluding hydrogens is 474 g/mol. The molecule has 0 fully saturated rings. The summed E-state index contributed by atoms with van der Waals surface area (Å²) in [6.07, 6.45) is 6.46. The highest BCUT2D eigenvalue weighted by Gasteiger charge is 2.44. The van der Waals surface area contributed by atoms with E-state index in [0.29, 0.717) is 11.1 Å². The maximum atomic E-state index is 13.5. The van der Waals surface area contributed by atoms with E-state index >= 15 is 0 Å². The second-order valence-corrected chi connectivity index (χ2v) is 8.28. The van der Waals surface area contributed by atoms with Crippen LogP contribution < -0.4 is 0 Å². The van der Waals surface area contributed by atoms with Crippen molar-refractivity contribution in [3.63, 3.8) is 0 Å². The molecule has 1 amide bonds. The Morgan fingerprint density at radius 2 is 1.88 bits per heavy atom. The van der Waals surface area contributed by atoms with Gasteiger partial charge in [0.25, 0.3) is 5.91 Å². The van der Waals surface area contributed by atoms with Gasteiger partial charge < -0.3 is 14.4 Å². The third-order valence-electron chi connectivity index (χ3n) is 5.33. The highest BCUT2D eigenvalue weighted by atomic mass is 79.9. The van der Waals surface area contributed by atoms with E-state index in [-0.39, 0.29) is 17.9 Å². The second-order valence-electron chi connectivity index (χ2n) is 7.37. The molecule has 8 heteroatoms. The number of aromatic nitrogens is 2. The van der Waals surface area contributed by atoms with Gasteiger partial charge in [-0.1, -0.05) is 28.1 Å². The predicted molar refractivity (Wildman–Crippen MR) is 120 cm³/mol. The molecule has 0 saturated carbocycles. The van der Waals surface area contributed by atoms with Crippen LogP contribution in [0.4, 0.5) is 0 Å². The molecule has 4 aromatic rings. The molecule has 158 valence electrons. The second kappa shape index (κ2) is 8.05. The molecule has 1 atom stereocenters. The molecule has 0 radical (unpaired) electrons. The smallest absolute Gasteiger partial charge is 0.290 e. The fraction of sp³-hybridized carbons (Fsp3) is 0.0833. The lowest BCUT2D eigenvalue weighted by Crippen LogP contribution is -2.30. The highest BCUT2D eigenvalue weighted by Crippen LogP contribution is 2.40. The van der Waals surface area contributed by atoms with Crippen LogP contribution in [0.2, 0.25) is 0 Å². The number of nitrogens with zero attached hydrogens (tertiary/aromatic N) is 3. The van der Waals surface area contributed by atoms with Crippen LogP contribution in [0.25, 0.3) is 11.0 Å². The zero-order chi connectivity index (χ0) is 22.2. The van der Waals surface area contributed by atoms with Crippen LogP contribution in [0.1, 0.15) is 27.7 Å². The van der Waals surface area contributed by atoms with Crippen LogP contribution in [0.5, 0.6) is 0 Å². The molecule has 0 bridgehead atoms. The standard InChI is InChI=1S/C24H16BrN3O4/c25-17-5-6-18-16(9-17)10-19(32-18)22(29)20-21(15-4-2-8-27-12-15)28(24(31)23(20)30)13-14-3-1-7-26-11-14/h1-12,21,30H,13H2. The average molecular weight is 490 g/mol. The van der Waals surface area contributed by atoms with Gasteiger partial charge in [0.05, 0.1) is 11.6 Å². The van der Waals surface area contributed by atoms with Crippen molar-refractivity contribution in [2.45, 2.75) is 12.6 Å². The molecule has 0 saturated heterocycles. The molecule has 0 aliphatic carbocycles. The van der Waals surface area contributed by atoms with E-state index in [9.17, 15) is 14.7 Å². The number of hydrogen-bond donors (Lipinski definition) is 1. The van der Waals surface area contributed by atoms with Crippen molar-refractivity contribution < 1.29 is 19.1 Å². The van der Waals surface area contributed by atoms with Crippen molar-refractivity contribution in [3.05, 3.63) is 106 Å². The van der Waals surface area contributed by atoms with Gasteiger partial charge in [0.2, 0.25) is 5.78 Å². The number of benzene rings is 1. The third-order valence-corrected chi connectivity index (χ3v) is 5.82. The van der Waals surface area contributed by atoms with Crippen molar-refractivity contribution in [1.29, 1.82) is 0 Å². The van der Waals surface area contributed by atoms with Crippen molar-refractivity contribution in [1.82, 2.24) is 14.9 Å². The largest absolute Gasteiger partial charge is 0.503 e. The lowest BCUT2D eigenvalue weighted by Gasteiger charge is -2.26. The van der Waals surface area contributed by atoms with Gasteiger partial charge in [0.1, 0.15) is 5.58 Å². The first-order valence-corrected chi connectivity index (χ1v) is 10.6. The Labute approximate surface area is 191 Å². The van der Waals surface area contributed by atoms with Crippen molar-refractivity contribution >= 4 is 38.6 Å². The fourth-order valence-corrected chi connectivity index (χ4v) is 4.26. The van der Waals surface area contributed by atoms with E-state index in [4.69, 9.17) is 4.42 Å². The minimum atomic E-state index is -0.816. The first kappa shape index (κ1) is 20.1. The summed E-state index contributed by atoms with van der Waals surface area (Å²) in [4.78, 5) is 36.2. The number of aliphatic hydroxyl groups excluding tert-OH is 1. The Morgan fingerprint density at radius 1 is 1.09 bits per heavy atom. The third kappa shape index (κ3) is 3.48. The lowest BCUT2D eigenvalue weighted by atomic mass is 9.96. The summed E-state index contributed by atoms with van der Waals surface area (Å²) in [5.74, 6) is -1.73. The van der Waals surface area contributed by atoms with Crippen molar-refractivity contribution in [3.8, 4) is 0 Å². The number of aliphatic hydroxyl groups is 1. The number of pyridine rings is 2. The molecular formula is C24H16BrN3O4. The number of fused-ring (bicyclic) bond motifs is 1. The Bertz CT molecular complexity index is 1370. The first-order chi connectivity index (χ1) is 15.5. The zero-order valence-electron chi connectivity index (χ0n) is 16.6. The quantitative estimate of drug-likeness (QED) is 0.405. The molecule has 3 aromatic heterocycles. The number of ketones is 1. The number of carbonyl (C=O) groups is 2. The van der Waals surface area contributed by atoms with E-state index in [1.54, 1.807) is 55.1 Å². The Morgan fingerprint density at radius 3 is 2.59 bits per heavy atom. The number of furan rings is 1. The van der Waals surface area contributed by atoms with Gasteiger partial charge in [0.15, 0.2) is 11.5 Å². The molecule has 1 aliphatic heterocycles. The summed E-state index contributed by atoms with van der Waals surface area (Å²) in [5.41, 5.74) is 1.87. The van der Waals surface area contributed by atoms with Crippen molar-refractivity contribution in [2.75, 3.05) is 0 Å². The molecule has 1 aromatic carbocycles. The van der Waals surface area contributed by atoms with Gasteiger partial charge in [0, 0.05) is 41.2 Å². The molecule has 1 aliphatic rings. The monoisotopic (exact) mass is 489 g/mol. The molecule has 32 heavy (non-hydrogen) atoms. The van der Waals surface area contributed by atoms with Crippen LogP contribution in [0.3, 0.4) is 0 Å². The van der Waals surface area contributed by atoms with Crippen LogP contribution in [0, 0.1) is 0 Å². The van der Waals surface area contributed by atoms with Gasteiger partial charge in [-0.05, 0) is 47.5 Å². The molecule has 4 heterocycles. The topological polar surface area (TPSA) is 96.5 Å². The van der Waals surface area contributed by atoms with Gasteiger partial charge in [-0.15, -0.1) is 0 Å². The number of rotatable bonds is 5. The SMILES string of the molecule is O=C(C1=C(O)C(=O)N(Cc2cccnc2)C1c1cccnc1)c1cc2cc(Br)ccc2o1. The summed E-state index contributed by atoms with van der Waals surface area (Å²) < 4.78 is 6.59. The van der Waals surface area contributed by atoms with E-state index in [2.05, 4.69) is 25.9 Å². The van der Waals surface area contributed by atoms with E-state index < -0.39 is 23.5 Å². The van der Waals surface area contributed by atoms with Crippen LogP contribution in [-0.2, 0) is 11.3 Å². The number of hydrogen-bond acceptors (Lipinski definition) is 6. The average Bonchev–Trinajstić information content (AvgIpc) is 3.34. The van der Waals surface area contributed by atoms with Gasteiger partial charge in [-0.2, -0.15) is 0 Å². The summed E-state index contributed by atoms with van der Waals surface area (Å²) in [5, 5.41) is 11.5. The first-order valence-electron chi connectivity index (χ1n) is 9.79. The molecule has 5 rings (SSSR count). The number of amides is 1. The van der Waals surface area contributed by atoms with Gasteiger partial charge >= 0.3 is 0 Å². The zero-order valence-corrected chi connectivity index (χ0v) is 18.2. The number of carbonyl (C=O) groups excluding carboxylic acids is 2. The molecule has 1 unspecified atom stereocenters. The van der Waals surface area contributed by atoms with Crippen molar-refractivity contribution in [2.24, 2.45) is 0 Å². The van der Waals surface area contributed by atoms with E-state index in [0.717, 1.165) is 15.4 Å². The van der Waals surface area contributed by atoms with E-state index in [1.807, 2.05) is 18.2 Å². The fourth-order valence-electron chi connectivity index (χ4n) is 3.88. The highest BCUT2D eigenvalue weighted by molar-refractivity contribution is 9.10. The summed E-state index contributed by atoms with van der Waals surface area (Å²) in [6, 6.07) is 13.3. The van der Waals surface area contributed by atoms with Crippen LogP contribution >= 0.6 is 15.9 Å². The maximum absolute atomic E-state index is 13.5. The van der Waals surface area contributed by atoms with Gasteiger partial charge in [-0.25, -0.2) is 0 Å². The van der Waals surface area contributed by atoms with Crippen LogP contribution in [0.15, 0.2) is 93.5 Å². The minimum Gasteiger partial charge on any atom is -0.503 e. The van der Waals surface area contributed by atoms with Gasteiger partial charge in [-0.3, -0.25) is 19.6 Å². The Hall–Kier alpha value is -3.78. The maximum Gasteiger partial charge on any atom is 0.290 e. The normalized spacial score (nSPS) is 16.2. The molecule has 0 spiro atoms.